The third kappa shape index (κ3) is 18.3. The lowest BCUT2D eigenvalue weighted by molar-refractivity contribution is -0.137. The molecule has 0 saturated carbocycles. The van der Waals surface area contributed by atoms with Gasteiger partial charge >= 0.3 is 6.18 Å². The molecule has 0 aliphatic rings. The molecule has 2 nitrogen and oxygen atoms in total. The number of alkyl halides is 3. The summed E-state index contributed by atoms with van der Waals surface area (Å²) >= 11 is 0. The van der Waals surface area contributed by atoms with Crippen LogP contribution in [0, 0.1) is 0 Å². The fourth-order valence-corrected chi connectivity index (χ4v) is 2.12. The van der Waals surface area contributed by atoms with Crippen LogP contribution in [0.2, 0.25) is 0 Å². The van der Waals surface area contributed by atoms with E-state index in [0.29, 0.717) is 12.3 Å². The van der Waals surface area contributed by atoms with Crippen molar-refractivity contribution in [3.05, 3.63) is 72.2 Å². The Kier molecular flexibility index (Phi) is 22.8. The second kappa shape index (κ2) is 21.1. The molecular formula is C26H44F3NO. The summed E-state index contributed by atoms with van der Waals surface area (Å²) in [5.41, 5.74) is 1.40. The van der Waals surface area contributed by atoms with Crippen molar-refractivity contribution in [1.82, 2.24) is 4.90 Å². The molecular weight excluding hydrogens is 399 g/mol. The Hall–Kier alpha value is -2.17. The van der Waals surface area contributed by atoms with Gasteiger partial charge in [-0.3, -0.25) is 0 Å². The molecule has 0 fully saturated rings. The van der Waals surface area contributed by atoms with Crippen molar-refractivity contribution in [2.45, 2.75) is 80.4 Å². The second-order valence-electron chi connectivity index (χ2n) is 6.37. The first-order valence-electron chi connectivity index (χ1n) is 11.0. The Morgan fingerprint density at radius 3 is 1.77 bits per heavy atom. The van der Waals surface area contributed by atoms with Gasteiger partial charge in [0.05, 0.1) is 12.7 Å². The summed E-state index contributed by atoms with van der Waals surface area (Å²) in [7, 11) is 1.56. The first-order valence-corrected chi connectivity index (χ1v) is 11.0. The van der Waals surface area contributed by atoms with Gasteiger partial charge < -0.3 is 9.64 Å². The van der Waals surface area contributed by atoms with Crippen LogP contribution in [0.25, 0.3) is 0 Å². The maximum Gasteiger partial charge on any atom is 0.416 e. The Bertz CT molecular complexity index is 588. The molecule has 0 amide bonds. The summed E-state index contributed by atoms with van der Waals surface area (Å²) in [5.74, 6) is 0.606. The van der Waals surface area contributed by atoms with Crippen molar-refractivity contribution >= 4 is 0 Å². The number of nitrogens with zero attached hydrogens (tertiary/aromatic N) is 1. The minimum absolute atomic E-state index is 0.600. The molecule has 1 rings (SSSR count). The average molecular weight is 444 g/mol. The Morgan fingerprint density at radius 2 is 1.55 bits per heavy atom. The molecule has 0 radical (unpaired) electrons. The van der Waals surface area contributed by atoms with Gasteiger partial charge in [-0.1, -0.05) is 78.3 Å². The van der Waals surface area contributed by atoms with Crippen LogP contribution in [0.3, 0.4) is 0 Å². The second-order valence-corrected chi connectivity index (χ2v) is 6.37. The molecule has 180 valence electrons. The molecule has 0 aliphatic heterocycles. The largest absolute Gasteiger partial charge is 0.497 e. The fraction of sp³-hybridized carbons (Fsp3) is 0.538. The lowest BCUT2D eigenvalue weighted by Gasteiger charge is -2.23. The quantitative estimate of drug-likeness (QED) is 0.293. The molecule has 0 spiro atoms. The number of allylic oxidation sites excluding steroid dienone is 3. The molecule has 1 aromatic rings. The smallest absolute Gasteiger partial charge is 0.416 e. The van der Waals surface area contributed by atoms with E-state index in [9.17, 15) is 13.2 Å². The van der Waals surface area contributed by atoms with Gasteiger partial charge in [-0.15, -0.1) is 0 Å². The zero-order valence-corrected chi connectivity index (χ0v) is 20.9. The van der Waals surface area contributed by atoms with E-state index < -0.39 is 11.7 Å². The topological polar surface area (TPSA) is 12.5 Å². The van der Waals surface area contributed by atoms with Crippen molar-refractivity contribution in [2.75, 3.05) is 13.7 Å². The van der Waals surface area contributed by atoms with Crippen LogP contribution in [0.4, 0.5) is 13.2 Å². The molecule has 5 heteroatoms. The average Bonchev–Trinajstić information content (AvgIpc) is 2.78. The zero-order valence-electron chi connectivity index (χ0n) is 20.9. The standard InChI is InChI=1S/C14H18F3N.C5H8O.C5H12.C2H6/c1-4-11(3)18(5-2)10-12-6-8-13(9-7-12)14(15,16)17;1-4-5(2)6-3;1-3-5-4-2;1-2/h4,6-9H,5,10H2,1-3H3;4H,1-2H2,3H3;3-5H2,1-2H3;1-2H3/b11-4+;;;. The van der Waals surface area contributed by atoms with Crippen LogP contribution < -0.4 is 0 Å². The highest BCUT2D eigenvalue weighted by Gasteiger charge is 2.29. The van der Waals surface area contributed by atoms with Gasteiger partial charge in [-0.25, -0.2) is 0 Å². The number of halogens is 3. The molecule has 0 unspecified atom stereocenters. The van der Waals surface area contributed by atoms with Crippen LogP contribution >= 0.6 is 0 Å². The monoisotopic (exact) mass is 443 g/mol. The molecule has 0 aliphatic carbocycles. The van der Waals surface area contributed by atoms with Gasteiger partial charge in [0.15, 0.2) is 0 Å². The van der Waals surface area contributed by atoms with Crippen molar-refractivity contribution in [2.24, 2.45) is 0 Å². The summed E-state index contributed by atoms with van der Waals surface area (Å²) in [4.78, 5) is 2.11. The predicted octanol–water partition coefficient (Wildman–Crippen LogP) is 9.01. The van der Waals surface area contributed by atoms with E-state index in [2.05, 4.69) is 36.6 Å². The number of hydrogen-bond acceptors (Lipinski definition) is 2. The number of methoxy groups -OCH3 is 1. The highest BCUT2D eigenvalue weighted by atomic mass is 19.4. The molecule has 0 atom stereocenters. The minimum Gasteiger partial charge on any atom is -0.497 e. The van der Waals surface area contributed by atoms with Crippen LogP contribution in [-0.4, -0.2) is 18.6 Å². The third-order valence-electron chi connectivity index (χ3n) is 4.15. The van der Waals surface area contributed by atoms with Crippen molar-refractivity contribution < 1.29 is 17.9 Å². The number of hydrogen-bond donors (Lipinski definition) is 0. The van der Waals surface area contributed by atoms with E-state index in [1.165, 1.54) is 31.4 Å². The van der Waals surface area contributed by atoms with E-state index in [1.807, 2.05) is 40.7 Å². The summed E-state index contributed by atoms with van der Waals surface area (Å²) in [6.07, 6.45) is 3.36. The van der Waals surface area contributed by atoms with Crippen LogP contribution in [0.15, 0.2) is 61.0 Å². The Morgan fingerprint density at radius 1 is 1.06 bits per heavy atom. The highest BCUT2D eigenvalue weighted by molar-refractivity contribution is 5.25. The fourth-order valence-electron chi connectivity index (χ4n) is 2.12. The molecule has 0 bridgehead atoms. The maximum atomic E-state index is 12.4. The highest BCUT2D eigenvalue weighted by Crippen LogP contribution is 2.29. The SMILES string of the molecule is C/C=C(\C)N(CC)Cc1ccc(C(F)(F)F)cc1.C=CC(=C)OC.CC.CCCCC. The van der Waals surface area contributed by atoms with Gasteiger partial charge in [-0.2, -0.15) is 13.2 Å². The van der Waals surface area contributed by atoms with E-state index in [1.54, 1.807) is 13.2 Å². The first-order chi connectivity index (χ1) is 14.6. The Balaban J connectivity index is -0.000000496. The van der Waals surface area contributed by atoms with E-state index >= 15 is 0 Å². The molecule has 0 heterocycles. The number of ether oxygens (including phenoxy) is 1. The Labute approximate surface area is 189 Å². The summed E-state index contributed by atoms with van der Waals surface area (Å²) in [5, 5.41) is 0. The summed E-state index contributed by atoms with van der Waals surface area (Å²) < 4.78 is 41.8. The molecule has 31 heavy (non-hydrogen) atoms. The van der Waals surface area contributed by atoms with Crippen molar-refractivity contribution in [3.8, 4) is 0 Å². The molecule has 0 N–H and O–H groups in total. The van der Waals surface area contributed by atoms with E-state index in [0.717, 1.165) is 29.9 Å². The minimum atomic E-state index is -4.26. The van der Waals surface area contributed by atoms with Crippen LogP contribution in [0.5, 0.6) is 0 Å². The number of unbranched alkanes of at least 4 members (excludes halogenated alkanes) is 2. The van der Waals surface area contributed by atoms with Crippen molar-refractivity contribution in [3.63, 3.8) is 0 Å². The van der Waals surface area contributed by atoms with Gasteiger partial charge in [0, 0.05) is 18.8 Å². The molecule has 1 aromatic carbocycles. The lowest BCUT2D eigenvalue weighted by Crippen LogP contribution is -2.20. The molecule has 0 aromatic heterocycles. The number of rotatable bonds is 8. The van der Waals surface area contributed by atoms with E-state index in [4.69, 9.17) is 0 Å². The van der Waals surface area contributed by atoms with Gasteiger partial charge in [0.1, 0.15) is 5.76 Å². The van der Waals surface area contributed by atoms with Crippen LogP contribution in [-0.2, 0) is 17.5 Å². The van der Waals surface area contributed by atoms with Gasteiger partial charge in [0.25, 0.3) is 0 Å². The number of benzene rings is 1. The lowest BCUT2D eigenvalue weighted by atomic mass is 10.1. The summed E-state index contributed by atoms with van der Waals surface area (Å²) in [6, 6.07) is 5.34. The van der Waals surface area contributed by atoms with Gasteiger partial charge in [0.2, 0.25) is 0 Å². The predicted molar refractivity (Wildman–Crippen MR) is 130 cm³/mol. The first kappa shape index (κ1) is 33.5. The van der Waals surface area contributed by atoms with Crippen LogP contribution in [0.1, 0.15) is 78.9 Å². The maximum absolute atomic E-state index is 12.4. The molecule has 0 saturated heterocycles. The van der Waals surface area contributed by atoms with E-state index in [-0.39, 0.29) is 0 Å². The van der Waals surface area contributed by atoms with Crippen molar-refractivity contribution in [1.29, 1.82) is 0 Å². The van der Waals surface area contributed by atoms with Gasteiger partial charge in [-0.05, 0) is 44.5 Å². The normalized spacial score (nSPS) is 10.2. The zero-order chi connectivity index (χ0) is 24.9. The third-order valence-corrected chi connectivity index (χ3v) is 4.15. The summed E-state index contributed by atoms with van der Waals surface area (Å²) in [6.45, 7) is 22.7.